The smallest absolute Gasteiger partial charge is 0.143 e. The van der Waals surface area contributed by atoms with Gasteiger partial charge in [-0.2, -0.15) is 0 Å². The minimum absolute atomic E-state index is 0.214. The predicted molar refractivity (Wildman–Crippen MR) is 77.6 cm³/mol. The molecule has 0 radical (unpaired) electrons. The molecule has 0 saturated carbocycles. The highest BCUT2D eigenvalue weighted by atomic mass is 127. The van der Waals surface area contributed by atoms with E-state index in [1.807, 2.05) is 6.07 Å². The fourth-order valence-electron chi connectivity index (χ4n) is 1.03. The van der Waals surface area contributed by atoms with Gasteiger partial charge in [-0.3, -0.25) is 0 Å². The zero-order valence-corrected chi connectivity index (χ0v) is 12.3. The zero-order valence-electron chi connectivity index (χ0n) is 8.53. The molecule has 1 aromatic rings. The van der Waals surface area contributed by atoms with Crippen LogP contribution in [-0.2, 0) is 11.3 Å². The van der Waals surface area contributed by atoms with E-state index in [0.29, 0.717) is 6.61 Å². The molecule has 0 fully saturated rings. The van der Waals surface area contributed by atoms with Crippen molar-refractivity contribution in [3.05, 3.63) is 21.9 Å². The van der Waals surface area contributed by atoms with Gasteiger partial charge in [-0.15, -0.1) is 11.3 Å². The van der Waals surface area contributed by atoms with Crippen LogP contribution in [0, 0.1) is 11.2 Å². The van der Waals surface area contributed by atoms with Crippen LogP contribution in [0.15, 0.2) is 12.1 Å². The third-order valence-corrected chi connectivity index (χ3v) is 3.53. The second-order valence-corrected chi connectivity index (χ2v) is 5.63. The normalized spacial score (nSPS) is 9.88. The third-order valence-electron chi connectivity index (χ3n) is 1.69. The summed E-state index contributed by atoms with van der Waals surface area (Å²) in [6.45, 7) is 1.87. The van der Waals surface area contributed by atoms with Gasteiger partial charge in [0.25, 0.3) is 0 Å². The van der Waals surface area contributed by atoms with Gasteiger partial charge in [-0.05, 0) is 32.2 Å². The molecule has 1 heterocycles. The SMILES string of the molecule is OCOCCNCc1ccc(C#CSI)s1. The molecule has 0 aliphatic carbocycles. The lowest BCUT2D eigenvalue weighted by atomic mass is 10.4. The fraction of sp³-hybridized carbons (Fsp3) is 0.400. The minimum Gasteiger partial charge on any atom is -0.371 e. The number of hydrogen-bond donors (Lipinski definition) is 2. The van der Waals surface area contributed by atoms with Crippen LogP contribution in [0.2, 0.25) is 0 Å². The lowest BCUT2D eigenvalue weighted by molar-refractivity contribution is 0.000352. The summed E-state index contributed by atoms with van der Waals surface area (Å²) in [4.78, 5) is 2.35. The van der Waals surface area contributed by atoms with Crippen LogP contribution in [0.4, 0.5) is 0 Å². The predicted octanol–water partition coefficient (Wildman–Crippen LogP) is 2.20. The molecule has 0 aliphatic heterocycles. The molecule has 2 N–H and O–H groups in total. The molecule has 0 aliphatic rings. The van der Waals surface area contributed by atoms with Crippen molar-refractivity contribution in [2.75, 3.05) is 19.9 Å². The van der Waals surface area contributed by atoms with Gasteiger partial charge in [-0.25, -0.2) is 0 Å². The Kier molecular flexibility index (Phi) is 8.28. The lowest BCUT2D eigenvalue weighted by Crippen LogP contribution is -2.18. The molecule has 0 aromatic carbocycles. The Balaban J connectivity index is 2.24. The monoisotopic (exact) mass is 369 g/mol. The van der Waals surface area contributed by atoms with Crippen LogP contribution in [0.25, 0.3) is 0 Å². The van der Waals surface area contributed by atoms with E-state index in [9.17, 15) is 0 Å². The topological polar surface area (TPSA) is 41.5 Å². The van der Waals surface area contributed by atoms with Crippen molar-refractivity contribution in [3.63, 3.8) is 0 Å². The Bertz CT molecular complexity index is 359. The van der Waals surface area contributed by atoms with Gasteiger partial charge >= 0.3 is 0 Å². The average molecular weight is 369 g/mol. The maximum Gasteiger partial charge on any atom is 0.143 e. The van der Waals surface area contributed by atoms with Crippen LogP contribution in [-0.4, -0.2) is 25.1 Å². The summed E-state index contributed by atoms with van der Waals surface area (Å²) < 4.78 is 4.80. The Morgan fingerprint density at radius 1 is 1.56 bits per heavy atom. The van der Waals surface area contributed by atoms with Crippen molar-refractivity contribution >= 4 is 41.5 Å². The van der Waals surface area contributed by atoms with Crippen molar-refractivity contribution < 1.29 is 9.84 Å². The first-order chi connectivity index (χ1) is 7.86. The number of rotatable bonds is 6. The summed E-state index contributed by atoms with van der Waals surface area (Å²) >= 11 is 3.85. The van der Waals surface area contributed by atoms with Gasteiger partial charge in [0.05, 0.1) is 11.5 Å². The summed E-state index contributed by atoms with van der Waals surface area (Å²) in [7, 11) is 1.49. The highest BCUT2D eigenvalue weighted by Gasteiger charge is 1.97. The van der Waals surface area contributed by atoms with Crippen LogP contribution < -0.4 is 5.32 Å². The van der Waals surface area contributed by atoms with E-state index in [4.69, 9.17) is 9.84 Å². The minimum atomic E-state index is -0.214. The van der Waals surface area contributed by atoms with E-state index in [0.717, 1.165) is 18.0 Å². The van der Waals surface area contributed by atoms with Crippen LogP contribution in [0.1, 0.15) is 9.75 Å². The Morgan fingerprint density at radius 3 is 3.19 bits per heavy atom. The van der Waals surface area contributed by atoms with Crippen LogP contribution in [0.3, 0.4) is 0 Å². The molecular formula is C10H12INO2S2. The van der Waals surface area contributed by atoms with Gasteiger partial charge in [-0.1, -0.05) is 0 Å². The van der Waals surface area contributed by atoms with E-state index in [1.165, 1.54) is 13.8 Å². The number of hydrogen-bond acceptors (Lipinski definition) is 5. The molecule has 1 aromatic heterocycles. The molecule has 6 heteroatoms. The lowest BCUT2D eigenvalue weighted by Gasteiger charge is -2.01. The van der Waals surface area contributed by atoms with Crippen molar-refractivity contribution in [2.24, 2.45) is 0 Å². The maximum absolute atomic E-state index is 8.40. The van der Waals surface area contributed by atoms with E-state index in [2.05, 4.69) is 43.8 Å². The maximum atomic E-state index is 8.40. The van der Waals surface area contributed by atoms with Gasteiger partial charge in [0.2, 0.25) is 0 Å². The van der Waals surface area contributed by atoms with Gasteiger partial charge < -0.3 is 15.2 Å². The highest BCUT2D eigenvalue weighted by Crippen LogP contribution is 2.16. The molecule has 1 rings (SSSR count). The van der Waals surface area contributed by atoms with Gasteiger partial charge in [0.1, 0.15) is 6.79 Å². The number of ether oxygens (including phenoxy) is 1. The molecule has 16 heavy (non-hydrogen) atoms. The number of nitrogens with one attached hydrogen (secondary N) is 1. The molecule has 3 nitrogen and oxygen atoms in total. The molecule has 0 bridgehead atoms. The molecule has 0 saturated heterocycles. The van der Waals surface area contributed by atoms with E-state index in [1.54, 1.807) is 11.3 Å². The number of halogens is 1. The standard InChI is InChI=1S/C10H12INO2S2/c11-15-6-3-9-1-2-10(16-9)7-12-4-5-14-8-13/h1-2,12-13H,4-5,7-8H2. The Hall–Kier alpha value is 0.220. The molecule has 0 atom stereocenters. The third kappa shape index (κ3) is 6.08. The molecule has 0 unspecified atom stereocenters. The van der Waals surface area contributed by atoms with Crippen molar-refractivity contribution in [2.45, 2.75) is 6.54 Å². The average Bonchev–Trinajstić information content (AvgIpc) is 2.74. The summed E-state index contributed by atoms with van der Waals surface area (Å²) in [5.41, 5.74) is 0. The first-order valence-corrected chi connectivity index (χ1v) is 8.81. The second kappa shape index (κ2) is 9.27. The summed E-state index contributed by atoms with van der Waals surface area (Å²) in [6.07, 6.45) is 0. The highest BCUT2D eigenvalue weighted by molar-refractivity contribution is 14.2. The summed E-state index contributed by atoms with van der Waals surface area (Å²) in [5.74, 6) is 3.06. The number of aliphatic hydroxyl groups excluding tert-OH is 1. The zero-order chi connectivity index (χ0) is 11.6. The Morgan fingerprint density at radius 2 is 2.44 bits per heavy atom. The van der Waals surface area contributed by atoms with E-state index < -0.39 is 0 Å². The summed E-state index contributed by atoms with van der Waals surface area (Å²) in [6, 6.07) is 4.11. The number of thiophene rings is 1. The largest absolute Gasteiger partial charge is 0.371 e. The van der Waals surface area contributed by atoms with Crippen molar-refractivity contribution in [1.29, 1.82) is 0 Å². The number of aliphatic hydroxyl groups is 1. The first kappa shape index (κ1) is 14.3. The Labute approximate surface area is 116 Å². The fourth-order valence-corrected chi connectivity index (χ4v) is 2.40. The first-order valence-electron chi connectivity index (χ1n) is 4.63. The van der Waals surface area contributed by atoms with Gasteiger partial charge in [0, 0.05) is 39.2 Å². The molecule has 0 spiro atoms. The second-order valence-electron chi connectivity index (χ2n) is 2.78. The molecular weight excluding hydrogens is 357 g/mol. The van der Waals surface area contributed by atoms with E-state index >= 15 is 0 Å². The van der Waals surface area contributed by atoms with E-state index in [-0.39, 0.29) is 6.79 Å². The molecule has 88 valence electrons. The summed E-state index contributed by atoms with van der Waals surface area (Å²) in [5, 5.41) is 14.6. The van der Waals surface area contributed by atoms with Crippen molar-refractivity contribution in [1.82, 2.24) is 5.32 Å². The molecule has 0 amide bonds. The van der Waals surface area contributed by atoms with Crippen LogP contribution >= 0.6 is 41.5 Å². The van der Waals surface area contributed by atoms with Crippen molar-refractivity contribution in [3.8, 4) is 11.2 Å². The van der Waals surface area contributed by atoms with Crippen LogP contribution in [0.5, 0.6) is 0 Å². The van der Waals surface area contributed by atoms with Gasteiger partial charge in [0.15, 0.2) is 0 Å². The quantitative estimate of drug-likeness (QED) is 0.349.